The lowest BCUT2D eigenvalue weighted by Crippen LogP contribution is -1.92. The molecule has 0 aliphatic carbocycles. The zero-order valence-electron chi connectivity index (χ0n) is 9.30. The van der Waals surface area contributed by atoms with Crippen molar-refractivity contribution in [3.8, 4) is 0 Å². The van der Waals surface area contributed by atoms with Crippen LogP contribution in [0.25, 0.3) is 0 Å². The van der Waals surface area contributed by atoms with Crippen LogP contribution in [0.4, 0.5) is 5.13 Å². The van der Waals surface area contributed by atoms with Crippen LogP contribution in [-0.4, -0.2) is 14.8 Å². The van der Waals surface area contributed by atoms with Gasteiger partial charge >= 0.3 is 0 Å². The molecule has 0 fully saturated rings. The SMILES string of the molecule is CCn1cc(CSc2sc(N)nc2C)cn1. The van der Waals surface area contributed by atoms with Gasteiger partial charge in [0.05, 0.1) is 16.1 Å². The monoisotopic (exact) mass is 254 g/mol. The molecule has 0 unspecified atom stereocenters. The molecule has 0 bridgehead atoms. The van der Waals surface area contributed by atoms with Crippen molar-refractivity contribution in [1.29, 1.82) is 0 Å². The lowest BCUT2D eigenvalue weighted by atomic mass is 10.4. The van der Waals surface area contributed by atoms with E-state index in [1.165, 1.54) is 9.77 Å². The lowest BCUT2D eigenvalue weighted by Gasteiger charge is -1.96. The van der Waals surface area contributed by atoms with Crippen molar-refractivity contribution < 1.29 is 0 Å². The summed E-state index contributed by atoms with van der Waals surface area (Å²) in [5, 5.41) is 4.88. The van der Waals surface area contributed by atoms with Gasteiger partial charge in [-0.05, 0) is 13.8 Å². The molecule has 2 aromatic heterocycles. The molecule has 0 amide bonds. The molecule has 6 heteroatoms. The maximum Gasteiger partial charge on any atom is 0.181 e. The number of aryl methyl sites for hydroxylation is 2. The van der Waals surface area contributed by atoms with Crippen molar-refractivity contribution in [2.45, 2.75) is 30.4 Å². The molecule has 2 aromatic rings. The van der Waals surface area contributed by atoms with Crippen molar-refractivity contribution in [2.75, 3.05) is 5.73 Å². The smallest absolute Gasteiger partial charge is 0.181 e. The van der Waals surface area contributed by atoms with Gasteiger partial charge in [-0.25, -0.2) is 4.98 Å². The minimum Gasteiger partial charge on any atom is -0.375 e. The Bertz CT molecular complexity index is 475. The first-order valence-corrected chi connectivity index (χ1v) is 6.86. The average Bonchev–Trinajstić information content (AvgIpc) is 2.82. The van der Waals surface area contributed by atoms with Crippen LogP contribution in [0, 0.1) is 6.92 Å². The molecule has 0 aliphatic rings. The fourth-order valence-electron chi connectivity index (χ4n) is 1.34. The number of thioether (sulfide) groups is 1. The second-order valence-electron chi connectivity index (χ2n) is 3.42. The van der Waals surface area contributed by atoms with E-state index in [9.17, 15) is 0 Å². The average molecular weight is 254 g/mol. The Balaban J connectivity index is 1.99. The number of rotatable bonds is 4. The fraction of sp³-hybridized carbons (Fsp3) is 0.400. The molecule has 2 heterocycles. The van der Waals surface area contributed by atoms with Crippen LogP contribution in [0.5, 0.6) is 0 Å². The highest BCUT2D eigenvalue weighted by molar-refractivity contribution is 8.00. The summed E-state index contributed by atoms with van der Waals surface area (Å²) in [5.41, 5.74) is 7.91. The summed E-state index contributed by atoms with van der Waals surface area (Å²) in [5.74, 6) is 0.919. The van der Waals surface area contributed by atoms with Gasteiger partial charge in [0.15, 0.2) is 5.13 Å². The number of nitrogen functional groups attached to an aromatic ring is 1. The third kappa shape index (κ3) is 2.56. The highest BCUT2D eigenvalue weighted by Crippen LogP contribution is 2.32. The third-order valence-electron chi connectivity index (χ3n) is 2.15. The van der Waals surface area contributed by atoms with Gasteiger partial charge in [-0.2, -0.15) is 5.10 Å². The quantitative estimate of drug-likeness (QED) is 0.852. The molecular weight excluding hydrogens is 240 g/mol. The normalized spacial score (nSPS) is 10.9. The molecule has 0 saturated heterocycles. The van der Waals surface area contributed by atoms with Gasteiger partial charge in [-0.15, -0.1) is 11.8 Å². The number of anilines is 1. The summed E-state index contributed by atoms with van der Waals surface area (Å²) in [7, 11) is 0. The molecule has 16 heavy (non-hydrogen) atoms. The molecule has 4 nitrogen and oxygen atoms in total. The minimum atomic E-state index is 0.643. The maximum atomic E-state index is 5.65. The first kappa shape index (κ1) is 11.5. The maximum absolute atomic E-state index is 5.65. The standard InChI is InChI=1S/C10H14N4S2/c1-3-14-5-8(4-12-14)6-15-9-7(2)13-10(11)16-9/h4-5H,3,6H2,1-2H3,(H2,11,13). The lowest BCUT2D eigenvalue weighted by molar-refractivity contribution is 0.659. The summed E-state index contributed by atoms with van der Waals surface area (Å²) in [6.45, 7) is 4.99. The Labute approximate surface area is 103 Å². The van der Waals surface area contributed by atoms with Crippen LogP contribution < -0.4 is 5.73 Å². The van der Waals surface area contributed by atoms with Crippen molar-refractivity contribution in [3.05, 3.63) is 23.7 Å². The van der Waals surface area contributed by atoms with Gasteiger partial charge in [0, 0.05) is 24.1 Å². The topological polar surface area (TPSA) is 56.7 Å². The predicted molar refractivity (Wildman–Crippen MR) is 68.7 cm³/mol. The van der Waals surface area contributed by atoms with Crippen molar-refractivity contribution >= 4 is 28.2 Å². The second kappa shape index (κ2) is 4.88. The van der Waals surface area contributed by atoms with Crippen LogP contribution in [0.1, 0.15) is 18.2 Å². The third-order valence-corrected chi connectivity index (χ3v) is 4.57. The predicted octanol–water partition coefficient (Wildman–Crippen LogP) is 2.54. The first-order chi connectivity index (χ1) is 7.69. The van der Waals surface area contributed by atoms with Crippen LogP contribution in [0.3, 0.4) is 0 Å². The number of hydrogen-bond donors (Lipinski definition) is 1. The summed E-state index contributed by atoms with van der Waals surface area (Å²) >= 11 is 3.32. The molecule has 86 valence electrons. The van der Waals surface area contributed by atoms with E-state index in [0.717, 1.165) is 18.0 Å². The number of nitrogens with zero attached hydrogens (tertiary/aromatic N) is 3. The van der Waals surface area contributed by atoms with Crippen LogP contribution in [0.2, 0.25) is 0 Å². The van der Waals surface area contributed by atoms with Gasteiger partial charge in [0.25, 0.3) is 0 Å². The summed E-state index contributed by atoms with van der Waals surface area (Å²) in [6, 6.07) is 0. The van der Waals surface area contributed by atoms with Crippen molar-refractivity contribution in [3.63, 3.8) is 0 Å². The zero-order chi connectivity index (χ0) is 11.5. The highest BCUT2D eigenvalue weighted by Gasteiger charge is 2.06. The summed E-state index contributed by atoms with van der Waals surface area (Å²) < 4.78 is 3.13. The summed E-state index contributed by atoms with van der Waals surface area (Å²) in [4.78, 5) is 4.20. The molecule has 0 saturated carbocycles. The van der Waals surface area contributed by atoms with Crippen molar-refractivity contribution in [1.82, 2.24) is 14.8 Å². The molecule has 0 radical (unpaired) electrons. The van der Waals surface area contributed by atoms with E-state index in [2.05, 4.69) is 23.2 Å². The van der Waals surface area contributed by atoms with Crippen molar-refractivity contribution in [2.24, 2.45) is 0 Å². The Morgan fingerprint density at radius 2 is 2.38 bits per heavy atom. The Morgan fingerprint density at radius 3 is 2.94 bits per heavy atom. The van der Waals surface area contributed by atoms with Gasteiger partial charge in [-0.3, -0.25) is 4.68 Å². The van der Waals surface area contributed by atoms with Gasteiger partial charge < -0.3 is 5.73 Å². The van der Waals surface area contributed by atoms with Gasteiger partial charge in [0.1, 0.15) is 0 Å². The van der Waals surface area contributed by atoms with Gasteiger partial charge in [0.2, 0.25) is 0 Å². The van der Waals surface area contributed by atoms with E-state index in [-0.39, 0.29) is 0 Å². The second-order valence-corrected chi connectivity index (χ2v) is 5.69. The minimum absolute atomic E-state index is 0.643. The molecule has 0 spiro atoms. The van der Waals surface area contributed by atoms with E-state index in [1.807, 2.05) is 17.8 Å². The molecule has 0 aliphatic heterocycles. The molecule has 2 rings (SSSR count). The Morgan fingerprint density at radius 1 is 1.56 bits per heavy atom. The van der Waals surface area contributed by atoms with Crippen LogP contribution >= 0.6 is 23.1 Å². The van der Waals surface area contributed by atoms with E-state index < -0.39 is 0 Å². The Kier molecular flexibility index (Phi) is 3.50. The van der Waals surface area contributed by atoms with Crippen LogP contribution in [0.15, 0.2) is 16.6 Å². The molecule has 0 aromatic carbocycles. The number of aromatic nitrogens is 3. The van der Waals surface area contributed by atoms with E-state index in [1.54, 1.807) is 23.1 Å². The molecule has 2 N–H and O–H groups in total. The number of thiazole rings is 1. The number of nitrogens with two attached hydrogens (primary N) is 1. The number of hydrogen-bond acceptors (Lipinski definition) is 5. The molecule has 0 atom stereocenters. The Hall–Kier alpha value is -1.01. The molecular formula is C10H14N4S2. The fourth-order valence-corrected chi connectivity index (χ4v) is 3.28. The van der Waals surface area contributed by atoms with Gasteiger partial charge in [-0.1, -0.05) is 11.3 Å². The van der Waals surface area contributed by atoms with Crippen LogP contribution in [-0.2, 0) is 12.3 Å². The summed E-state index contributed by atoms with van der Waals surface area (Å²) in [6.07, 6.45) is 3.99. The van der Waals surface area contributed by atoms with E-state index >= 15 is 0 Å². The van der Waals surface area contributed by atoms with E-state index in [4.69, 9.17) is 5.73 Å². The largest absolute Gasteiger partial charge is 0.375 e. The highest BCUT2D eigenvalue weighted by atomic mass is 32.2. The zero-order valence-corrected chi connectivity index (χ0v) is 10.9. The first-order valence-electron chi connectivity index (χ1n) is 5.06. The van der Waals surface area contributed by atoms with E-state index in [0.29, 0.717) is 5.13 Å².